The Balaban J connectivity index is 1.72. The number of fused-ring (bicyclic) bond motifs is 1. The molecule has 1 aromatic carbocycles. The molecule has 6 nitrogen and oxygen atoms in total. The van der Waals surface area contributed by atoms with Crippen LogP contribution in [0.5, 0.6) is 0 Å². The molecular weight excluding hydrogens is 300 g/mol. The quantitative estimate of drug-likeness (QED) is 0.566. The van der Waals surface area contributed by atoms with Crippen LogP contribution in [0.3, 0.4) is 0 Å². The molecule has 0 radical (unpaired) electrons. The number of imidazole rings is 1. The van der Waals surface area contributed by atoms with E-state index in [1.165, 1.54) is 0 Å². The second-order valence-electron chi connectivity index (χ2n) is 5.47. The number of aromatic nitrogens is 4. The molecule has 118 valence electrons. The van der Waals surface area contributed by atoms with Crippen LogP contribution in [-0.2, 0) is 6.54 Å². The Bertz CT molecular complexity index is 977. The highest BCUT2D eigenvalue weighted by Gasteiger charge is 2.09. The molecule has 6 heteroatoms. The second-order valence-corrected chi connectivity index (χ2v) is 5.47. The Morgan fingerprint density at radius 3 is 2.79 bits per heavy atom. The number of anilines is 2. The van der Waals surface area contributed by atoms with E-state index in [9.17, 15) is 0 Å². The molecule has 0 unspecified atom stereocenters. The minimum absolute atomic E-state index is 0.651. The van der Waals surface area contributed by atoms with Crippen molar-refractivity contribution in [3.05, 3.63) is 72.9 Å². The number of hydrogen-bond donors (Lipinski definition) is 2. The summed E-state index contributed by atoms with van der Waals surface area (Å²) in [6.07, 6.45) is 9.17. The molecule has 0 spiro atoms. The second kappa shape index (κ2) is 6.00. The van der Waals surface area contributed by atoms with E-state index in [2.05, 4.69) is 15.3 Å². The van der Waals surface area contributed by atoms with Crippen LogP contribution in [0.4, 0.5) is 11.5 Å². The summed E-state index contributed by atoms with van der Waals surface area (Å²) in [5, 5.41) is 3.36. The molecule has 0 aliphatic heterocycles. The molecule has 0 fully saturated rings. The Kier molecular flexibility index (Phi) is 3.55. The van der Waals surface area contributed by atoms with Crippen LogP contribution in [0.25, 0.3) is 16.9 Å². The predicted molar refractivity (Wildman–Crippen MR) is 94.4 cm³/mol. The minimum atomic E-state index is 0.651. The standard InChI is InChI=1S/C18H16N6/c19-15-3-1-2-14(10-15)16-12-24-9-8-21-18(24)17(23-16)22-11-13-4-6-20-7-5-13/h1-10,12H,11,19H2,(H,22,23). The topological polar surface area (TPSA) is 81.1 Å². The molecule has 0 saturated carbocycles. The van der Waals surface area contributed by atoms with E-state index in [0.29, 0.717) is 12.2 Å². The third-order valence-electron chi connectivity index (χ3n) is 3.77. The first-order valence-electron chi connectivity index (χ1n) is 7.62. The molecule has 3 N–H and O–H groups in total. The molecule has 0 aliphatic rings. The maximum Gasteiger partial charge on any atom is 0.180 e. The third-order valence-corrected chi connectivity index (χ3v) is 3.77. The molecule has 4 aromatic rings. The highest BCUT2D eigenvalue weighted by molar-refractivity contribution is 5.70. The Hall–Kier alpha value is -3.41. The Labute approximate surface area is 139 Å². The van der Waals surface area contributed by atoms with Crippen molar-refractivity contribution in [1.82, 2.24) is 19.4 Å². The first-order valence-corrected chi connectivity index (χ1v) is 7.62. The lowest BCUT2D eigenvalue weighted by Crippen LogP contribution is -2.05. The molecule has 0 saturated heterocycles. The molecule has 0 amide bonds. The van der Waals surface area contributed by atoms with Gasteiger partial charge in [-0.1, -0.05) is 12.1 Å². The average Bonchev–Trinajstić information content (AvgIpc) is 3.09. The van der Waals surface area contributed by atoms with Crippen molar-refractivity contribution >= 4 is 17.2 Å². The smallest absolute Gasteiger partial charge is 0.180 e. The van der Waals surface area contributed by atoms with Crippen LogP contribution in [0.2, 0.25) is 0 Å². The fraction of sp³-hybridized carbons (Fsp3) is 0.0556. The van der Waals surface area contributed by atoms with Gasteiger partial charge >= 0.3 is 0 Å². The van der Waals surface area contributed by atoms with E-state index in [1.807, 2.05) is 53.2 Å². The van der Waals surface area contributed by atoms with E-state index in [4.69, 9.17) is 10.7 Å². The summed E-state index contributed by atoms with van der Waals surface area (Å²) in [4.78, 5) is 13.2. The molecule has 0 aliphatic carbocycles. The number of benzene rings is 1. The van der Waals surface area contributed by atoms with E-state index < -0.39 is 0 Å². The molecule has 0 atom stereocenters. The van der Waals surface area contributed by atoms with Gasteiger partial charge in [-0.05, 0) is 29.8 Å². The fourth-order valence-corrected chi connectivity index (χ4v) is 2.57. The first-order chi connectivity index (χ1) is 11.8. The van der Waals surface area contributed by atoms with E-state index >= 15 is 0 Å². The SMILES string of the molecule is Nc1cccc(-c2cn3ccnc3c(NCc3ccncc3)n2)c1. The van der Waals surface area contributed by atoms with Crippen molar-refractivity contribution in [2.24, 2.45) is 0 Å². The average molecular weight is 316 g/mol. The number of nitrogens with two attached hydrogens (primary N) is 1. The Morgan fingerprint density at radius 1 is 1.08 bits per heavy atom. The largest absolute Gasteiger partial charge is 0.399 e. The van der Waals surface area contributed by atoms with Crippen molar-refractivity contribution in [2.75, 3.05) is 11.1 Å². The number of rotatable bonds is 4. The zero-order chi connectivity index (χ0) is 16.4. The predicted octanol–water partition coefficient (Wildman–Crippen LogP) is 2.99. The third kappa shape index (κ3) is 2.77. The minimum Gasteiger partial charge on any atom is -0.399 e. The lowest BCUT2D eigenvalue weighted by molar-refractivity contribution is 1.07. The maximum absolute atomic E-state index is 5.89. The lowest BCUT2D eigenvalue weighted by Gasteiger charge is -2.10. The summed E-state index contributed by atoms with van der Waals surface area (Å²) < 4.78 is 1.96. The van der Waals surface area contributed by atoms with Gasteiger partial charge in [-0.15, -0.1) is 0 Å². The maximum atomic E-state index is 5.89. The monoisotopic (exact) mass is 316 g/mol. The highest BCUT2D eigenvalue weighted by Crippen LogP contribution is 2.23. The normalized spacial score (nSPS) is 10.8. The number of nitrogens with zero attached hydrogens (tertiary/aromatic N) is 4. The van der Waals surface area contributed by atoms with Crippen LogP contribution < -0.4 is 11.1 Å². The van der Waals surface area contributed by atoms with Gasteiger partial charge in [-0.25, -0.2) is 9.97 Å². The number of pyridine rings is 1. The summed E-state index contributed by atoms with van der Waals surface area (Å²) in [7, 11) is 0. The van der Waals surface area contributed by atoms with Crippen LogP contribution in [-0.4, -0.2) is 19.4 Å². The molecule has 24 heavy (non-hydrogen) atoms. The van der Waals surface area contributed by atoms with Gasteiger partial charge in [0.25, 0.3) is 0 Å². The van der Waals surface area contributed by atoms with Gasteiger partial charge in [0.1, 0.15) is 0 Å². The zero-order valence-electron chi connectivity index (χ0n) is 12.9. The van der Waals surface area contributed by atoms with Crippen molar-refractivity contribution in [2.45, 2.75) is 6.54 Å². The van der Waals surface area contributed by atoms with Gasteiger partial charge in [-0.3, -0.25) is 4.98 Å². The van der Waals surface area contributed by atoms with Crippen molar-refractivity contribution < 1.29 is 0 Å². The van der Waals surface area contributed by atoms with Crippen molar-refractivity contribution in [3.8, 4) is 11.3 Å². The Morgan fingerprint density at radius 2 is 1.96 bits per heavy atom. The van der Waals surface area contributed by atoms with Crippen LogP contribution in [0.15, 0.2) is 67.4 Å². The van der Waals surface area contributed by atoms with Gasteiger partial charge in [0.05, 0.1) is 5.69 Å². The molecule has 3 aromatic heterocycles. The molecule has 3 heterocycles. The van der Waals surface area contributed by atoms with Gasteiger partial charge in [0, 0.05) is 48.8 Å². The zero-order valence-corrected chi connectivity index (χ0v) is 12.9. The summed E-state index contributed by atoms with van der Waals surface area (Å²) in [5.74, 6) is 0.733. The fourth-order valence-electron chi connectivity index (χ4n) is 2.57. The lowest BCUT2D eigenvalue weighted by atomic mass is 10.1. The number of nitrogen functional groups attached to an aromatic ring is 1. The summed E-state index contributed by atoms with van der Waals surface area (Å²) >= 11 is 0. The molecule has 4 rings (SSSR count). The van der Waals surface area contributed by atoms with Crippen LogP contribution >= 0.6 is 0 Å². The first kappa shape index (κ1) is 14.2. The van der Waals surface area contributed by atoms with Crippen LogP contribution in [0, 0.1) is 0 Å². The molecule has 0 bridgehead atoms. The van der Waals surface area contributed by atoms with Gasteiger partial charge in [0.2, 0.25) is 0 Å². The van der Waals surface area contributed by atoms with Crippen molar-refractivity contribution in [1.29, 1.82) is 0 Å². The number of nitrogens with one attached hydrogen (secondary N) is 1. The van der Waals surface area contributed by atoms with E-state index in [0.717, 1.165) is 28.3 Å². The molecular formula is C18H16N6. The number of hydrogen-bond acceptors (Lipinski definition) is 5. The summed E-state index contributed by atoms with van der Waals surface area (Å²) in [6.45, 7) is 0.651. The van der Waals surface area contributed by atoms with Gasteiger partial charge in [-0.2, -0.15) is 0 Å². The van der Waals surface area contributed by atoms with E-state index in [-0.39, 0.29) is 0 Å². The summed E-state index contributed by atoms with van der Waals surface area (Å²) in [5.41, 5.74) is 10.3. The van der Waals surface area contributed by atoms with Crippen LogP contribution in [0.1, 0.15) is 5.56 Å². The van der Waals surface area contributed by atoms with Gasteiger partial charge < -0.3 is 15.5 Å². The highest BCUT2D eigenvalue weighted by atomic mass is 15.1. The van der Waals surface area contributed by atoms with Gasteiger partial charge in [0.15, 0.2) is 11.5 Å². The summed E-state index contributed by atoms with van der Waals surface area (Å²) in [6, 6.07) is 11.6. The van der Waals surface area contributed by atoms with Crippen molar-refractivity contribution in [3.63, 3.8) is 0 Å². The van der Waals surface area contributed by atoms with E-state index in [1.54, 1.807) is 18.6 Å².